The van der Waals surface area contributed by atoms with Crippen molar-refractivity contribution in [2.24, 2.45) is 0 Å². The van der Waals surface area contributed by atoms with Crippen molar-refractivity contribution in [1.82, 2.24) is 15.0 Å². The van der Waals surface area contributed by atoms with Gasteiger partial charge in [-0.2, -0.15) is 15.0 Å². The van der Waals surface area contributed by atoms with Gasteiger partial charge in [0.05, 0.1) is 6.04 Å². The Hall–Kier alpha value is -1.59. The molecule has 106 valence electrons. The number of nitrogens with zero attached hydrogens (tertiary/aromatic N) is 3. The first-order valence-corrected chi connectivity index (χ1v) is 6.81. The third kappa shape index (κ3) is 4.51. The van der Waals surface area contributed by atoms with Crippen LogP contribution in [-0.4, -0.2) is 27.6 Å². The molecule has 2 aromatic rings. The number of benzene rings is 1. The number of ether oxygens (including phenoxy) is 1. The summed E-state index contributed by atoms with van der Waals surface area (Å²) >= 11 is 11.4. The molecule has 0 saturated carbocycles. The highest BCUT2D eigenvalue weighted by Gasteiger charge is 2.08. The number of hydrogen-bond donors (Lipinski definition) is 1. The van der Waals surface area contributed by atoms with Crippen LogP contribution < -0.4 is 10.1 Å². The van der Waals surface area contributed by atoms with E-state index in [2.05, 4.69) is 20.3 Å². The van der Waals surface area contributed by atoms with E-state index in [0.29, 0.717) is 12.6 Å². The molecule has 0 amide bonds. The molecule has 20 heavy (non-hydrogen) atoms. The van der Waals surface area contributed by atoms with E-state index in [9.17, 15) is 0 Å². The van der Waals surface area contributed by atoms with Gasteiger partial charge < -0.3 is 10.1 Å². The molecule has 0 saturated heterocycles. The van der Waals surface area contributed by atoms with E-state index < -0.39 is 0 Å². The fourth-order valence-electron chi connectivity index (χ4n) is 1.51. The van der Waals surface area contributed by atoms with E-state index in [-0.39, 0.29) is 16.6 Å². The molecular weight excluding hydrogens is 299 g/mol. The summed E-state index contributed by atoms with van der Waals surface area (Å²) in [5.41, 5.74) is 1.19. The van der Waals surface area contributed by atoms with Crippen molar-refractivity contribution < 1.29 is 4.74 Å². The molecule has 1 unspecified atom stereocenters. The molecule has 5 nitrogen and oxygen atoms in total. The average molecular weight is 313 g/mol. The first-order valence-electron chi connectivity index (χ1n) is 6.06. The smallest absolute Gasteiger partial charge is 0.228 e. The number of rotatable bonds is 5. The first-order chi connectivity index (χ1) is 9.52. The van der Waals surface area contributed by atoms with Gasteiger partial charge in [0.15, 0.2) is 0 Å². The maximum absolute atomic E-state index is 5.70. The van der Waals surface area contributed by atoms with E-state index in [0.717, 1.165) is 5.75 Å². The summed E-state index contributed by atoms with van der Waals surface area (Å²) in [5, 5.41) is 3.16. The lowest BCUT2D eigenvalue weighted by atomic mass is 10.2. The molecule has 0 radical (unpaired) electrons. The number of aromatic nitrogens is 3. The van der Waals surface area contributed by atoms with E-state index in [1.54, 1.807) is 0 Å². The monoisotopic (exact) mass is 312 g/mol. The molecule has 0 bridgehead atoms. The minimum atomic E-state index is -0.00848. The standard InChI is InChI=1S/C13H14Cl2N4O/c1-8-3-5-10(6-4-8)20-7-9(2)16-13-18-11(14)17-12(15)19-13/h3-6,9H,7H2,1-2H3,(H,16,17,18,19). The van der Waals surface area contributed by atoms with Gasteiger partial charge in [-0.05, 0) is 49.2 Å². The first kappa shape index (κ1) is 14.8. The van der Waals surface area contributed by atoms with Crippen LogP contribution in [0, 0.1) is 6.92 Å². The van der Waals surface area contributed by atoms with Crippen LogP contribution in [0.2, 0.25) is 10.6 Å². The lowest BCUT2D eigenvalue weighted by molar-refractivity contribution is 0.303. The Morgan fingerprint density at radius 2 is 1.70 bits per heavy atom. The summed E-state index contributed by atoms with van der Waals surface area (Å²) in [5.74, 6) is 1.14. The fraction of sp³-hybridized carbons (Fsp3) is 0.308. The second kappa shape index (κ2) is 6.72. The Kier molecular flexibility index (Phi) is 4.98. The molecule has 7 heteroatoms. The Morgan fingerprint density at radius 1 is 1.10 bits per heavy atom. The predicted octanol–water partition coefficient (Wildman–Crippen LogP) is 3.37. The summed E-state index contributed by atoms with van der Waals surface area (Å²) in [4.78, 5) is 11.5. The maximum Gasteiger partial charge on any atom is 0.228 e. The average Bonchev–Trinajstić information content (AvgIpc) is 2.37. The predicted molar refractivity (Wildman–Crippen MR) is 79.6 cm³/mol. The van der Waals surface area contributed by atoms with Gasteiger partial charge in [0.2, 0.25) is 16.5 Å². The second-order valence-corrected chi connectivity index (χ2v) is 5.04. The second-order valence-electron chi connectivity index (χ2n) is 4.37. The maximum atomic E-state index is 5.70. The zero-order valence-corrected chi connectivity index (χ0v) is 12.6. The fourth-order valence-corrected chi connectivity index (χ4v) is 1.87. The zero-order valence-electron chi connectivity index (χ0n) is 11.1. The van der Waals surface area contributed by atoms with Crippen molar-refractivity contribution in [1.29, 1.82) is 0 Å². The Morgan fingerprint density at radius 3 is 2.30 bits per heavy atom. The minimum Gasteiger partial charge on any atom is -0.491 e. The van der Waals surface area contributed by atoms with Crippen molar-refractivity contribution >= 4 is 29.2 Å². The van der Waals surface area contributed by atoms with E-state index >= 15 is 0 Å². The van der Waals surface area contributed by atoms with Crippen molar-refractivity contribution in [2.45, 2.75) is 19.9 Å². The zero-order chi connectivity index (χ0) is 14.5. The number of halogens is 2. The molecule has 0 aliphatic carbocycles. The van der Waals surface area contributed by atoms with Crippen LogP contribution in [0.25, 0.3) is 0 Å². The highest BCUT2D eigenvalue weighted by Crippen LogP contribution is 2.13. The van der Waals surface area contributed by atoms with E-state index in [1.165, 1.54) is 5.56 Å². The van der Waals surface area contributed by atoms with Gasteiger partial charge in [-0.1, -0.05) is 17.7 Å². The SMILES string of the molecule is Cc1ccc(OCC(C)Nc2nc(Cl)nc(Cl)n2)cc1. The number of anilines is 1. The van der Waals surface area contributed by atoms with Gasteiger partial charge in [-0.15, -0.1) is 0 Å². The Bertz CT molecular complexity index is 557. The number of nitrogens with one attached hydrogen (secondary N) is 1. The van der Waals surface area contributed by atoms with Crippen LogP contribution in [0.5, 0.6) is 5.75 Å². The minimum absolute atomic E-state index is 0.00848. The Balaban J connectivity index is 1.88. The molecule has 1 heterocycles. The Labute approximate surface area is 127 Å². The molecule has 0 fully saturated rings. The molecule has 1 aromatic heterocycles. The molecule has 0 aliphatic heterocycles. The van der Waals surface area contributed by atoms with Crippen LogP contribution in [0.3, 0.4) is 0 Å². The molecule has 1 aromatic carbocycles. The molecule has 0 aliphatic rings. The van der Waals surface area contributed by atoms with Crippen molar-refractivity contribution in [3.63, 3.8) is 0 Å². The van der Waals surface area contributed by atoms with Gasteiger partial charge in [0, 0.05) is 0 Å². The van der Waals surface area contributed by atoms with Gasteiger partial charge in [0.1, 0.15) is 12.4 Å². The quantitative estimate of drug-likeness (QED) is 0.917. The molecule has 0 spiro atoms. The van der Waals surface area contributed by atoms with Gasteiger partial charge in [-0.3, -0.25) is 0 Å². The third-order valence-corrected chi connectivity index (χ3v) is 2.82. The summed E-state index contributed by atoms with van der Waals surface area (Å²) in [7, 11) is 0. The molecule has 1 N–H and O–H groups in total. The molecule has 2 rings (SSSR count). The van der Waals surface area contributed by atoms with Crippen LogP contribution in [0.15, 0.2) is 24.3 Å². The van der Waals surface area contributed by atoms with Gasteiger partial charge in [-0.25, -0.2) is 0 Å². The highest BCUT2D eigenvalue weighted by atomic mass is 35.5. The van der Waals surface area contributed by atoms with Gasteiger partial charge >= 0.3 is 0 Å². The third-order valence-electron chi connectivity index (χ3n) is 2.48. The van der Waals surface area contributed by atoms with Crippen molar-refractivity contribution in [3.8, 4) is 5.75 Å². The van der Waals surface area contributed by atoms with Crippen molar-refractivity contribution in [3.05, 3.63) is 40.4 Å². The molecular formula is C13H14Cl2N4O. The van der Waals surface area contributed by atoms with Crippen LogP contribution in [0.1, 0.15) is 12.5 Å². The largest absolute Gasteiger partial charge is 0.491 e. The summed E-state index contributed by atoms with van der Waals surface area (Å²) < 4.78 is 5.66. The van der Waals surface area contributed by atoms with Crippen LogP contribution in [-0.2, 0) is 0 Å². The topological polar surface area (TPSA) is 59.9 Å². The van der Waals surface area contributed by atoms with E-state index in [1.807, 2.05) is 38.1 Å². The highest BCUT2D eigenvalue weighted by molar-refractivity contribution is 6.31. The van der Waals surface area contributed by atoms with Crippen LogP contribution >= 0.6 is 23.2 Å². The van der Waals surface area contributed by atoms with Gasteiger partial charge in [0.25, 0.3) is 0 Å². The summed E-state index contributed by atoms with van der Waals surface area (Å²) in [6, 6.07) is 7.85. The normalized spacial score (nSPS) is 12.0. The summed E-state index contributed by atoms with van der Waals surface area (Å²) in [6.07, 6.45) is 0. The lowest BCUT2D eigenvalue weighted by Crippen LogP contribution is -2.24. The summed E-state index contributed by atoms with van der Waals surface area (Å²) in [6.45, 7) is 4.44. The van der Waals surface area contributed by atoms with E-state index in [4.69, 9.17) is 27.9 Å². The van der Waals surface area contributed by atoms with Crippen LogP contribution in [0.4, 0.5) is 5.95 Å². The number of aryl methyl sites for hydroxylation is 1. The number of hydrogen-bond acceptors (Lipinski definition) is 5. The molecule has 1 atom stereocenters. The van der Waals surface area contributed by atoms with Crippen molar-refractivity contribution in [2.75, 3.05) is 11.9 Å². The lowest BCUT2D eigenvalue weighted by Gasteiger charge is -2.15.